The molecule has 2 aliphatic rings. The van der Waals surface area contributed by atoms with Gasteiger partial charge in [-0.25, -0.2) is 0 Å². The number of carbonyl (C=O) groups excluding carboxylic acids is 2. The number of hydrogen-bond donors (Lipinski definition) is 0. The molecule has 2 atom stereocenters. The van der Waals surface area contributed by atoms with Crippen molar-refractivity contribution in [2.24, 2.45) is 16.1 Å². The van der Waals surface area contributed by atoms with Gasteiger partial charge in [0, 0.05) is 11.1 Å². The maximum absolute atomic E-state index is 13.7. The van der Waals surface area contributed by atoms with E-state index in [1.807, 2.05) is 60.7 Å². The molecule has 0 unspecified atom stereocenters. The van der Waals surface area contributed by atoms with E-state index in [1.54, 1.807) is 24.3 Å². The Morgan fingerprint density at radius 3 is 1.75 bits per heavy atom. The molecule has 0 radical (unpaired) electrons. The molecular weight excluding hydrogens is 372 g/mol. The number of azo groups is 1. The lowest BCUT2D eigenvalue weighted by molar-refractivity contribution is 0.0742. The van der Waals surface area contributed by atoms with Crippen LogP contribution in [0.3, 0.4) is 0 Å². The number of fused-ring (bicyclic) bond motifs is 2. The maximum Gasteiger partial charge on any atom is 0.229 e. The highest BCUT2D eigenvalue weighted by Gasteiger charge is 2.67. The van der Waals surface area contributed by atoms with Crippen molar-refractivity contribution in [2.75, 3.05) is 0 Å². The molecule has 5 heteroatoms. The first-order chi connectivity index (χ1) is 13.6. The predicted octanol–water partition coefficient (Wildman–Crippen LogP) is 5.03. The molecule has 0 saturated heterocycles. The monoisotopic (exact) mass is 386 g/mol. The predicted molar refractivity (Wildman–Crippen MR) is 106 cm³/mol. The molecule has 3 aromatic carbocycles. The molecular formula is C23H15ClN2O2. The molecule has 28 heavy (non-hydrogen) atoms. The number of halogens is 1. The molecule has 0 spiro atoms. The number of carbonyl (C=O) groups is 2. The van der Waals surface area contributed by atoms with E-state index in [9.17, 15) is 9.59 Å². The zero-order chi connectivity index (χ0) is 19.4. The molecule has 0 amide bonds. The summed E-state index contributed by atoms with van der Waals surface area (Å²) in [5, 5.41) is 8.81. The third-order valence-corrected chi connectivity index (χ3v) is 6.06. The minimum absolute atomic E-state index is 0.220. The van der Waals surface area contributed by atoms with Gasteiger partial charge in [0.15, 0.2) is 5.78 Å². The summed E-state index contributed by atoms with van der Waals surface area (Å²) in [5.41, 5.74) is 1.06. The van der Waals surface area contributed by atoms with Crippen molar-refractivity contribution in [3.63, 3.8) is 0 Å². The van der Waals surface area contributed by atoms with Gasteiger partial charge in [-0.3, -0.25) is 9.59 Å². The van der Waals surface area contributed by atoms with E-state index < -0.39 is 16.5 Å². The highest BCUT2D eigenvalue weighted by atomic mass is 35.5. The average Bonchev–Trinajstić information content (AvgIpc) is 3.09. The second-order valence-electron chi connectivity index (χ2n) is 7.04. The Bertz CT molecular complexity index is 1090. The summed E-state index contributed by atoms with van der Waals surface area (Å²) in [5.74, 6) is -1.57. The summed E-state index contributed by atoms with van der Waals surface area (Å²) in [6.45, 7) is 0. The Labute approximate surface area is 166 Å². The quantitative estimate of drug-likeness (QED) is 0.458. The second kappa shape index (κ2) is 5.94. The van der Waals surface area contributed by atoms with E-state index in [0.717, 1.165) is 11.1 Å². The number of rotatable bonds is 2. The Hall–Kier alpha value is -3.11. The smallest absolute Gasteiger partial charge is 0.229 e. The van der Waals surface area contributed by atoms with Gasteiger partial charge in [0.25, 0.3) is 0 Å². The summed E-state index contributed by atoms with van der Waals surface area (Å²) in [6.07, 6.45) is 0. The Balaban J connectivity index is 1.83. The first-order valence-corrected chi connectivity index (χ1v) is 9.39. The van der Waals surface area contributed by atoms with Crippen LogP contribution in [-0.2, 0) is 5.54 Å². The summed E-state index contributed by atoms with van der Waals surface area (Å²) < 4.78 is 0. The van der Waals surface area contributed by atoms with Gasteiger partial charge >= 0.3 is 0 Å². The van der Waals surface area contributed by atoms with Gasteiger partial charge in [-0.2, -0.15) is 10.2 Å². The molecule has 0 bridgehead atoms. The van der Waals surface area contributed by atoms with Crippen molar-refractivity contribution in [3.05, 3.63) is 107 Å². The number of ketones is 2. The first-order valence-electron chi connectivity index (χ1n) is 9.01. The van der Waals surface area contributed by atoms with Gasteiger partial charge in [-0.1, -0.05) is 96.5 Å². The number of nitrogens with zero attached hydrogens (tertiary/aromatic N) is 2. The third kappa shape index (κ3) is 2.06. The van der Waals surface area contributed by atoms with Crippen molar-refractivity contribution in [1.29, 1.82) is 0 Å². The Kier molecular flexibility index (Phi) is 3.61. The largest absolute Gasteiger partial charge is 0.294 e. The van der Waals surface area contributed by atoms with Gasteiger partial charge in [0.2, 0.25) is 10.8 Å². The summed E-state index contributed by atoms with van der Waals surface area (Å²) >= 11 is 6.80. The van der Waals surface area contributed by atoms with Crippen molar-refractivity contribution in [2.45, 2.75) is 10.5 Å². The van der Waals surface area contributed by atoms with Gasteiger partial charge in [0.1, 0.15) is 11.5 Å². The highest BCUT2D eigenvalue weighted by Crippen LogP contribution is 2.57. The van der Waals surface area contributed by atoms with Crippen LogP contribution in [0.4, 0.5) is 0 Å². The van der Waals surface area contributed by atoms with E-state index in [4.69, 9.17) is 11.6 Å². The fourth-order valence-electron chi connectivity index (χ4n) is 4.32. The number of hydrogen-bond acceptors (Lipinski definition) is 4. The van der Waals surface area contributed by atoms with Crippen LogP contribution in [0.15, 0.2) is 95.2 Å². The van der Waals surface area contributed by atoms with Crippen LogP contribution >= 0.6 is 11.6 Å². The first kappa shape index (κ1) is 17.0. The lowest BCUT2D eigenvalue weighted by Crippen LogP contribution is -2.53. The van der Waals surface area contributed by atoms with E-state index >= 15 is 0 Å². The molecule has 136 valence electrons. The van der Waals surface area contributed by atoms with E-state index in [1.165, 1.54) is 0 Å². The minimum atomic E-state index is -1.75. The van der Waals surface area contributed by atoms with Crippen molar-refractivity contribution < 1.29 is 9.59 Å². The van der Waals surface area contributed by atoms with Gasteiger partial charge in [-0.15, -0.1) is 0 Å². The Morgan fingerprint density at radius 2 is 1.18 bits per heavy atom. The SMILES string of the molecule is O=C1c2ccccc2C(=O)[C@]2(Cl)N=NC(c3ccccc3)(c3ccccc3)[C@H]12. The molecule has 5 rings (SSSR count). The lowest BCUT2D eigenvalue weighted by Gasteiger charge is -2.38. The van der Waals surface area contributed by atoms with Gasteiger partial charge < -0.3 is 0 Å². The molecule has 1 aliphatic carbocycles. The zero-order valence-electron chi connectivity index (χ0n) is 14.7. The van der Waals surface area contributed by atoms with E-state index in [0.29, 0.717) is 11.1 Å². The summed E-state index contributed by atoms with van der Waals surface area (Å²) in [6, 6.07) is 25.7. The Morgan fingerprint density at radius 1 is 0.679 bits per heavy atom. The van der Waals surface area contributed by atoms with Crippen LogP contribution in [0.25, 0.3) is 0 Å². The molecule has 0 fully saturated rings. The number of benzene rings is 3. The second-order valence-corrected chi connectivity index (χ2v) is 7.62. The topological polar surface area (TPSA) is 58.9 Å². The van der Waals surface area contributed by atoms with Crippen molar-refractivity contribution >= 4 is 23.2 Å². The molecule has 1 heterocycles. The van der Waals surface area contributed by atoms with E-state index in [-0.39, 0.29) is 11.6 Å². The van der Waals surface area contributed by atoms with Crippen LogP contribution in [0.5, 0.6) is 0 Å². The number of Topliss-reactive ketones (excluding diaryl/α,β-unsaturated/α-hetero) is 2. The van der Waals surface area contributed by atoms with Gasteiger partial charge in [-0.05, 0) is 11.1 Å². The molecule has 4 nitrogen and oxygen atoms in total. The molecule has 1 aliphatic heterocycles. The molecule has 0 N–H and O–H groups in total. The summed E-state index contributed by atoms with van der Waals surface area (Å²) in [7, 11) is 0. The maximum atomic E-state index is 13.7. The highest BCUT2D eigenvalue weighted by molar-refractivity contribution is 6.42. The van der Waals surface area contributed by atoms with Crippen LogP contribution in [0, 0.1) is 5.92 Å². The summed E-state index contributed by atoms with van der Waals surface area (Å²) in [4.78, 5) is 25.2. The van der Waals surface area contributed by atoms with Crippen LogP contribution in [0.2, 0.25) is 0 Å². The van der Waals surface area contributed by atoms with Crippen LogP contribution < -0.4 is 0 Å². The van der Waals surface area contributed by atoms with Gasteiger partial charge in [0.05, 0.1) is 0 Å². The fourth-order valence-corrected chi connectivity index (χ4v) is 4.72. The standard InChI is InChI=1S/C23H15ClN2O2/c24-23-20(19(27)17-13-7-8-14-18(17)21(23)28)22(25-26-23,15-9-3-1-4-10-15)16-11-5-2-6-12-16/h1-14,20H/t20-,23+/m0/s1. The van der Waals surface area contributed by atoms with E-state index in [2.05, 4.69) is 10.2 Å². The molecule has 0 aromatic heterocycles. The third-order valence-electron chi connectivity index (χ3n) is 5.60. The van der Waals surface area contributed by atoms with Crippen molar-refractivity contribution in [3.8, 4) is 0 Å². The van der Waals surface area contributed by atoms with Crippen molar-refractivity contribution in [1.82, 2.24) is 0 Å². The minimum Gasteiger partial charge on any atom is -0.294 e. The fraction of sp³-hybridized carbons (Fsp3) is 0.130. The number of alkyl halides is 1. The van der Waals surface area contributed by atoms with Crippen LogP contribution in [0.1, 0.15) is 31.8 Å². The average molecular weight is 387 g/mol. The lowest BCUT2D eigenvalue weighted by atomic mass is 9.64. The molecule has 0 saturated carbocycles. The normalized spacial score (nSPS) is 24.7. The van der Waals surface area contributed by atoms with Crippen LogP contribution in [-0.4, -0.2) is 16.6 Å². The zero-order valence-corrected chi connectivity index (χ0v) is 15.5. The molecule has 3 aromatic rings.